The number of benzene rings is 1. The summed E-state index contributed by atoms with van der Waals surface area (Å²) in [6.07, 6.45) is 2.62. The van der Waals surface area contributed by atoms with Crippen LogP contribution in [-0.4, -0.2) is 35.3 Å². The van der Waals surface area contributed by atoms with E-state index in [4.69, 9.17) is 11.6 Å². The maximum Gasteiger partial charge on any atom is 0.224 e. The van der Waals surface area contributed by atoms with Gasteiger partial charge in [0.2, 0.25) is 5.91 Å². The summed E-state index contributed by atoms with van der Waals surface area (Å²) in [6.45, 7) is 6.87. The molecular formula is C19H25ClN4O. The standard InChI is InChI=1S/C19H25ClN4O/c1-13-18(11-19(25)22-10-8-15-7-9-21-12-15)14(2)24(23-13)17-5-3-16(20)4-6-17/h3-6,15,21H,7-12H2,1-2H3,(H,22,25). The lowest BCUT2D eigenvalue weighted by molar-refractivity contribution is -0.120. The Balaban J connectivity index is 1.62. The van der Waals surface area contributed by atoms with E-state index in [-0.39, 0.29) is 5.91 Å². The Hall–Kier alpha value is -1.85. The number of hydrogen-bond acceptors (Lipinski definition) is 3. The maximum atomic E-state index is 12.3. The molecule has 2 aromatic rings. The molecule has 3 rings (SSSR count). The van der Waals surface area contributed by atoms with Crippen molar-refractivity contribution in [1.82, 2.24) is 20.4 Å². The van der Waals surface area contributed by atoms with Gasteiger partial charge in [-0.15, -0.1) is 0 Å². The molecule has 1 fully saturated rings. The molecule has 25 heavy (non-hydrogen) atoms. The lowest BCUT2D eigenvalue weighted by Gasteiger charge is -2.10. The second-order valence-electron chi connectivity index (χ2n) is 6.71. The summed E-state index contributed by atoms with van der Waals surface area (Å²) in [7, 11) is 0. The van der Waals surface area contributed by atoms with Crippen molar-refractivity contribution in [2.24, 2.45) is 5.92 Å². The van der Waals surface area contributed by atoms with Crippen molar-refractivity contribution in [1.29, 1.82) is 0 Å². The van der Waals surface area contributed by atoms with Gasteiger partial charge in [-0.05, 0) is 70.0 Å². The van der Waals surface area contributed by atoms with E-state index >= 15 is 0 Å². The quantitative estimate of drug-likeness (QED) is 0.832. The van der Waals surface area contributed by atoms with Crippen LogP contribution in [0.5, 0.6) is 0 Å². The van der Waals surface area contributed by atoms with Crippen LogP contribution >= 0.6 is 11.6 Å². The number of nitrogens with zero attached hydrogens (tertiary/aromatic N) is 2. The molecule has 1 amide bonds. The Labute approximate surface area is 153 Å². The Morgan fingerprint density at radius 1 is 1.36 bits per heavy atom. The fourth-order valence-electron chi connectivity index (χ4n) is 3.36. The molecule has 1 aromatic heterocycles. The predicted molar refractivity (Wildman–Crippen MR) is 100 cm³/mol. The zero-order valence-electron chi connectivity index (χ0n) is 14.8. The van der Waals surface area contributed by atoms with Gasteiger partial charge in [0, 0.05) is 22.8 Å². The van der Waals surface area contributed by atoms with Gasteiger partial charge in [-0.3, -0.25) is 4.79 Å². The van der Waals surface area contributed by atoms with Crippen molar-refractivity contribution < 1.29 is 4.79 Å². The number of aromatic nitrogens is 2. The molecule has 1 aromatic carbocycles. The molecule has 0 bridgehead atoms. The minimum atomic E-state index is 0.0628. The van der Waals surface area contributed by atoms with Crippen molar-refractivity contribution in [3.63, 3.8) is 0 Å². The first-order chi connectivity index (χ1) is 12.0. The van der Waals surface area contributed by atoms with E-state index in [0.717, 1.165) is 48.7 Å². The highest BCUT2D eigenvalue weighted by Crippen LogP contribution is 2.20. The number of carbonyl (C=O) groups is 1. The molecule has 1 aliphatic rings. The van der Waals surface area contributed by atoms with Crippen LogP contribution in [0.3, 0.4) is 0 Å². The normalized spacial score (nSPS) is 17.0. The van der Waals surface area contributed by atoms with E-state index in [9.17, 15) is 4.79 Å². The third kappa shape index (κ3) is 4.41. The van der Waals surface area contributed by atoms with Crippen LogP contribution in [0.15, 0.2) is 24.3 Å². The van der Waals surface area contributed by atoms with Crippen LogP contribution in [0.2, 0.25) is 5.02 Å². The Kier molecular flexibility index (Phi) is 5.76. The molecule has 2 heterocycles. The van der Waals surface area contributed by atoms with Crippen LogP contribution in [0, 0.1) is 19.8 Å². The molecular weight excluding hydrogens is 336 g/mol. The van der Waals surface area contributed by atoms with Crippen molar-refractivity contribution in [2.45, 2.75) is 33.1 Å². The van der Waals surface area contributed by atoms with Crippen LogP contribution in [0.1, 0.15) is 29.8 Å². The number of carbonyl (C=O) groups excluding carboxylic acids is 1. The first-order valence-electron chi connectivity index (χ1n) is 8.83. The third-order valence-electron chi connectivity index (χ3n) is 4.89. The van der Waals surface area contributed by atoms with E-state index < -0.39 is 0 Å². The number of amides is 1. The molecule has 0 radical (unpaired) electrons. The highest BCUT2D eigenvalue weighted by molar-refractivity contribution is 6.30. The number of aryl methyl sites for hydroxylation is 1. The summed E-state index contributed by atoms with van der Waals surface area (Å²) in [5, 5.41) is 11.7. The monoisotopic (exact) mass is 360 g/mol. The van der Waals surface area contributed by atoms with Gasteiger partial charge in [0.25, 0.3) is 0 Å². The van der Waals surface area contributed by atoms with E-state index in [1.807, 2.05) is 42.8 Å². The van der Waals surface area contributed by atoms with E-state index in [2.05, 4.69) is 15.7 Å². The summed E-state index contributed by atoms with van der Waals surface area (Å²) >= 11 is 5.95. The van der Waals surface area contributed by atoms with Crippen molar-refractivity contribution in [3.05, 3.63) is 46.2 Å². The summed E-state index contributed by atoms with van der Waals surface area (Å²) in [6, 6.07) is 7.55. The molecule has 0 spiro atoms. The summed E-state index contributed by atoms with van der Waals surface area (Å²) in [5.41, 5.74) is 3.83. The fraction of sp³-hybridized carbons (Fsp3) is 0.474. The van der Waals surface area contributed by atoms with Crippen LogP contribution < -0.4 is 10.6 Å². The number of hydrogen-bond donors (Lipinski definition) is 2. The molecule has 1 unspecified atom stereocenters. The maximum absolute atomic E-state index is 12.3. The first kappa shape index (κ1) is 18.0. The van der Waals surface area contributed by atoms with Gasteiger partial charge in [-0.25, -0.2) is 4.68 Å². The largest absolute Gasteiger partial charge is 0.356 e. The lowest BCUT2D eigenvalue weighted by Crippen LogP contribution is -2.28. The topological polar surface area (TPSA) is 59.0 Å². The van der Waals surface area contributed by atoms with E-state index in [1.165, 1.54) is 6.42 Å². The number of rotatable bonds is 6. The smallest absolute Gasteiger partial charge is 0.224 e. The molecule has 1 atom stereocenters. The Morgan fingerprint density at radius 3 is 2.80 bits per heavy atom. The highest BCUT2D eigenvalue weighted by Gasteiger charge is 2.17. The van der Waals surface area contributed by atoms with Gasteiger partial charge in [0.1, 0.15) is 0 Å². The number of nitrogens with one attached hydrogen (secondary N) is 2. The van der Waals surface area contributed by atoms with Crippen LogP contribution in [-0.2, 0) is 11.2 Å². The second kappa shape index (κ2) is 8.02. The molecule has 134 valence electrons. The van der Waals surface area contributed by atoms with Crippen molar-refractivity contribution in [3.8, 4) is 5.69 Å². The second-order valence-corrected chi connectivity index (χ2v) is 7.15. The SMILES string of the molecule is Cc1nn(-c2ccc(Cl)cc2)c(C)c1CC(=O)NCCC1CCNC1. The molecule has 6 heteroatoms. The van der Waals surface area contributed by atoms with Crippen LogP contribution in [0.4, 0.5) is 0 Å². The van der Waals surface area contributed by atoms with Gasteiger partial charge in [-0.2, -0.15) is 5.10 Å². The lowest BCUT2D eigenvalue weighted by atomic mass is 10.1. The molecule has 1 aliphatic heterocycles. The third-order valence-corrected chi connectivity index (χ3v) is 5.14. The summed E-state index contributed by atoms with van der Waals surface area (Å²) < 4.78 is 1.87. The Bertz CT molecular complexity index is 733. The van der Waals surface area contributed by atoms with Gasteiger partial charge in [0.05, 0.1) is 17.8 Å². The zero-order valence-corrected chi connectivity index (χ0v) is 15.6. The van der Waals surface area contributed by atoms with Gasteiger partial charge >= 0.3 is 0 Å². The van der Waals surface area contributed by atoms with Gasteiger partial charge < -0.3 is 10.6 Å². The predicted octanol–water partition coefficient (Wildman–Crippen LogP) is 2.80. The molecule has 1 saturated heterocycles. The fourth-order valence-corrected chi connectivity index (χ4v) is 3.49. The molecule has 0 aliphatic carbocycles. The van der Waals surface area contributed by atoms with E-state index in [1.54, 1.807) is 0 Å². The highest BCUT2D eigenvalue weighted by atomic mass is 35.5. The Morgan fingerprint density at radius 2 is 2.12 bits per heavy atom. The number of halogens is 1. The average molecular weight is 361 g/mol. The summed E-state index contributed by atoms with van der Waals surface area (Å²) in [4.78, 5) is 12.3. The average Bonchev–Trinajstić information content (AvgIpc) is 3.19. The van der Waals surface area contributed by atoms with Crippen LogP contribution in [0.25, 0.3) is 5.69 Å². The zero-order chi connectivity index (χ0) is 17.8. The minimum absolute atomic E-state index is 0.0628. The molecule has 0 saturated carbocycles. The van der Waals surface area contributed by atoms with Crippen molar-refractivity contribution in [2.75, 3.05) is 19.6 Å². The van der Waals surface area contributed by atoms with E-state index in [0.29, 0.717) is 17.4 Å². The van der Waals surface area contributed by atoms with Gasteiger partial charge in [0.15, 0.2) is 0 Å². The molecule has 2 N–H and O–H groups in total. The molecule has 5 nitrogen and oxygen atoms in total. The minimum Gasteiger partial charge on any atom is -0.356 e. The van der Waals surface area contributed by atoms with Gasteiger partial charge in [-0.1, -0.05) is 11.6 Å². The van der Waals surface area contributed by atoms with Crippen molar-refractivity contribution >= 4 is 17.5 Å². The first-order valence-corrected chi connectivity index (χ1v) is 9.21. The summed E-state index contributed by atoms with van der Waals surface area (Å²) in [5.74, 6) is 0.754.